The van der Waals surface area contributed by atoms with E-state index >= 15 is 26.3 Å². The lowest BCUT2D eigenvalue weighted by molar-refractivity contribution is 0.217. The Kier molecular flexibility index (Phi) is 8.68. The van der Waals surface area contributed by atoms with Crippen molar-refractivity contribution in [3.63, 3.8) is 0 Å². The molecule has 2 unspecified atom stereocenters. The van der Waals surface area contributed by atoms with Crippen molar-refractivity contribution in [3.8, 4) is 36.4 Å². The summed E-state index contributed by atoms with van der Waals surface area (Å²) in [4.78, 5) is 0. The first kappa shape index (κ1) is 34.1. The van der Waals surface area contributed by atoms with Crippen LogP contribution < -0.4 is 0 Å². The van der Waals surface area contributed by atoms with Gasteiger partial charge in [-0.3, -0.25) is 0 Å². The Morgan fingerprint density at radius 2 is 0.750 bits per heavy atom. The summed E-state index contributed by atoms with van der Waals surface area (Å²) in [5.74, 6) is -24.7. The van der Waals surface area contributed by atoms with Crippen LogP contribution in [0.3, 0.4) is 0 Å². The fourth-order valence-corrected chi connectivity index (χ4v) is 4.69. The lowest BCUT2D eigenvalue weighted by Gasteiger charge is -2.21. The fourth-order valence-electron chi connectivity index (χ4n) is 4.69. The number of benzene rings is 2. The predicted octanol–water partition coefficient (Wildman–Crippen LogP) is 7.29. The largest absolute Gasteiger partial charge is 0.238 e. The number of halogens is 12. The summed E-state index contributed by atoms with van der Waals surface area (Å²) in [6, 6.07) is 5.29. The molecule has 2 aliphatic rings. The van der Waals surface area contributed by atoms with Gasteiger partial charge >= 0.3 is 0 Å². The summed E-state index contributed by atoms with van der Waals surface area (Å²) in [6.45, 7) is 0. The second-order valence-electron chi connectivity index (χ2n) is 9.19. The lowest BCUT2D eigenvalue weighted by atomic mass is 9.88. The molecule has 0 aromatic heterocycles. The number of alkyl halides is 2. The van der Waals surface area contributed by atoms with Crippen LogP contribution >= 0.6 is 0 Å². The summed E-state index contributed by atoms with van der Waals surface area (Å²) < 4.78 is 178. The number of hydrogen-bond acceptors (Lipinski definition) is 6. The van der Waals surface area contributed by atoms with E-state index in [4.69, 9.17) is 15.8 Å². The molecule has 6 nitrogen and oxygen atoms in total. The van der Waals surface area contributed by atoms with Crippen LogP contribution in [0.15, 0.2) is 45.1 Å². The Morgan fingerprint density at radius 3 is 1.04 bits per heavy atom. The van der Waals surface area contributed by atoms with Crippen LogP contribution in [0, 0.1) is 115 Å². The molecule has 2 aromatic carbocycles. The molecule has 1 saturated carbocycles. The number of nitriles is 6. The summed E-state index contributed by atoms with van der Waals surface area (Å²) in [5.41, 5.74) is -21.0. The predicted molar refractivity (Wildman–Crippen MR) is 131 cm³/mol. The second kappa shape index (κ2) is 12.2. The van der Waals surface area contributed by atoms with Crippen LogP contribution in [0.25, 0.3) is 11.1 Å². The van der Waals surface area contributed by atoms with Crippen LogP contribution in [0.5, 0.6) is 0 Å². The minimum absolute atomic E-state index is 0.771. The van der Waals surface area contributed by atoms with Crippen molar-refractivity contribution in [2.45, 2.75) is 12.3 Å². The fraction of sp³-hybridized carbons (Fsp3) is 0.0667. The highest BCUT2D eigenvalue weighted by molar-refractivity contribution is 6.07. The van der Waals surface area contributed by atoms with Crippen LogP contribution in [0.2, 0.25) is 0 Å². The molecule has 18 heteroatoms. The third kappa shape index (κ3) is 4.64. The van der Waals surface area contributed by atoms with Gasteiger partial charge in [-0.1, -0.05) is 0 Å². The van der Waals surface area contributed by atoms with Gasteiger partial charge in [-0.25, -0.2) is 52.7 Å². The van der Waals surface area contributed by atoms with Gasteiger partial charge in [-0.05, 0) is 0 Å². The maximum absolute atomic E-state index is 15.2. The first-order valence-corrected chi connectivity index (χ1v) is 12.1. The topological polar surface area (TPSA) is 143 Å². The number of allylic oxidation sites excluding steroid dienone is 10. The molecule has 0 aliphatic heterocycles. The molecular weight excluding hydrogens is 672 g/mol. The van der Waals surface area contributed by atoms with E-state index in [0.717, 1.165) is 36.4 Å². The molecule has 0 spiro atoms. The molecule has 4 rings (SSSR count). The first-order valence-electron chi connectivity index (χ1n) is 12.1. The monoisotopic (exact) mass is 674 g/mol. The zero-order valence-electron chi connectivity index (χ0n) is 22.4. The lowest BCUT2D eigenvalue weighted by Crippen LogP contribution is -2.28. The summed E-state index contributed by atoms with van der Waals surface area (Å²) in [7, 11) is 0. The van der Waals surface area contributed by atoms with Crippen LogP contribution in [0.1, 0.15) is 22.3 Å². The molecular formula is C30H2F12N6. The molecule has 1 fully saturated rings. The second-order valence-corrected chi connectivity index (χ2v) is 9.19. The molecule has 0 radical (unpaired) electrons. The van der Waals surface area contributed by atoms with Gasteiger partial charge in [0, 0.05) is 22.3 Å². The Hall–Kier alpha value is -6.76. The molecule has 0 N–H and O–H groups in total. The third-order valence-corrected chi connectivity index (χ3v) is 6.89. The van der Waals surface area contributed by atoms with Gasteiger partial charge in [0.05, 0.1) is 27.8 Å². The molecule has 2 aliphatic carbocycles. The molecule has 48 heavy (non-hydrogen) atoms. The van der Waals surface area contributed by atoms with Crippen molar-refractivity contribution < 1.29 is 52.7 Å². The van der Waals surface area contributed by atoms with Gasteiger partial charge in [-0.15, -0.1) is 0 Å². The first-order chi connectivity index (χ1) is 22.6. The number of hydrogen-bond donors (Lipinski definition) is 0. The molecule has 0 heterocycles. The standard InChI is InChI=1S/C30H2F12N6/c31-19-10(4-46)20(32)26(38)16(25(19)37)7(1-43)13-14(8(2-44)17-27(39)21(33)11(5-47)22(34)28(17)40)15(13)9(3-45)18-29(41)23(35)12(6-48)24(36)30(18)42/h19,25H. The summed E-state index contributed by atoms with van der Waals surface area (Å²) >= 11 is 0. The van der Waals surface area contributed by atoms with E-state index in [2.05, 4.69) is 0 Å². The van der Waals surface area contributed by atoms with Gasteiger partial charge in [-0.2, -0.15) is 31.6 Å². The molecule has 0 bridgehead atoms. The molecule has 0 saturated heterocycles. The van der Waals surface area contributed by atoms with Crippen molar-refractivity contribution in [3.05, 3.63) is 114 Å². The Morgan fingerprint density at radius 1 is 0.417 bits per heavy atom. The van der Waals surface area contributed by atoms with Crippen molar-refractivity contribution >= 4 is 11.1 Å². The average Bonchev–Trinajstić information content (AvgIpc) is 3.78. The van der Waals surface area contributed by atoms with E-state index in [9.17, 15) is 42.1 Å². The van der Waals surface area contributed by atoms with Crippen molar-refractivity contribution in [2.24, 2.45) is 0 Å². The van der Waals surface area contributed by atoms with Crippen LogP contribution in [-0.2, 0) is 0 Å². The molecule has 2 aromatic rings. The van der Waals surface area contributed by atoms with E-state index in [1.165, 1.54) is 0 Å². The number of rotatable bonds is 3. The van der Waals surface area contributed by atoms with Gasteiger partial charge in [0.15, 0.2) is 70.5 Å². The van der Waals surface area contributed by atoms with Crippen molar-refractivity contribution in [1.29, 1.82) is 31.6 Å². The highest BCUT2D eigenvalue weighted by Crippen LogP contribution is 2.57. The van der Waals surface area contributed by atoms with Gasteiger partial charge in [0.2, 0.25) is 0 Å². The Bertz CT molecular complexity index is 2170. The van der Waals surface area contributed by atoms with Gasteiger partial charge in [0.25, 0.3) is 0 Å². The van der Waals surface area contributed by atoms with Gasteiger partial charge in [0.1, 0.15) is 53.1 Å². The summed E-state index contributed by atoms with van der Waals surface area (Å²) in [5, 5.41) is 56.0. The quantitative estimate of drug-likeness (QED) is 0.190. The summed E-state index contributed by atoms with van der Waals surface area (Å²) in [6.07, 6.45) is -6.84. The zero-order chi connectivity index (χ0) is 36.1. The molecule has 236 valence electrons. The zero-order valence-corrected chi connectivity index (χ0v) is 22.4. The van der Waals surface area contributed by atoms with E-state index in [0.29, 0.717) is 0 Å². The van der Waals surface area contributed by atoms with Crippen LogP contribution in [-0.4, -0.2) is 12.3 Å². The van der Waals surface area contributed by atoms with Crippen molar-refractivity contribution in [2.75, 3.05) is 0 Å². The SMILES string of the molecule is N#CC(=C1C(=C(C#N)c2c(F)c(F)c(C#N)c(F)c2F)C1=C(C#N)c1c(F)c(F)c(C#N)c(F)c1F)C1=C(F)C(F)=C(C#N)C(F)C1F. The van der Waals surface area contributed by atoms with E-state index in [1.54, 1.807) is 0 Å². The van der Waals surface area contributed by atoms with Gasteiger partial charge < -0.3 is 0 Å². The van der Waals surface area contributed by atoms with Crippen molar-refractivity contribution in [1.82, 2.24) is 0 Å². The Balaban J connectivity index is 2.34. The average molecular weight is 674 g/mol. The van der Waals surface area contributed by atoms with E-state index < -0.39 is 137 Å². The Labute approximate surface area is 258 Å². The minimum atomic E-state index is -3.49. The highest BCUT2D eigenvalue weighted by Gasteiger charge is 2.49. The third-order valence-electron chi connectivity index (χ3n) is 6.89. The smallest absolute Gasteiger partial charge is 0.180 e. The normalized spacial score (nSPS) is 19.0. The number of nitrogens with zero attached hydrogens (tertiary/aromatic N) is 6. The highest BCUT2D eigenvalue weighted by atomic mass is 19.2. The maximum Gasteiger partial charge on any atom is 0.180 e. The maximum atomic E-state index is 15.2. The minimum Gasteiger partial charge on any atom is -0.238 e. The van der Waals surface area contributed by atoms with E-state index in [-0.39, 0.29) is 0 Å². The molecule has 2 atom stereocenters. The molecule has 0 amide bonds. The van der Waals surface area contributed by atoms with E-state index in [1.807, 2.05) is 0 Å². The van der Waals surface area contributed by atoms with Crippen LogP contribution in [0.4, 0.5) is 52.7 Å².